The van der Waals surface area contributed by atoms with Crippen molar-refractivity contribution in [3.8, 4) is 11.5 Å². The Balaban J connectivity index is 1.30. The molecule has 2 aliphatic rings. The maximum absolute atomic E-state index is 13.1. The van der Waals surface area contributed by atoms with Crippen molar-refractivity contribution in [2.24, 2.45) is 11.8 Å². The molecule has 1 saturated carbocycles. The number of imidazole rings is 1. The van der Waals surface area contributed by atoms with Crippen LogP contribution in [0.4, 0.5) is 0 Å². The average molecular weight is 421 g/mol. The lowest BCUT2D eigenvalue weighted by molar-refractivity contribution is -0.0243. The van der Waals surface area contributed by atoms with Crippen molar-refractivity contribution in [1.82, 2.24) is 14.3 Å². The molecule has 0 bridgehead atoms. The predicted octanol–water partition coefficient (Wildman–Crippen LogP) is 2.94. The van der Waals surface area contributed by atoms with E-state index in [1.54, 1.807) is 13.3 Å². The number of aryl methyl sites for hydroxylation is 1. The summed E-state index contributed by atoms with van der Waals surface area (Å²) in [7, 11) is 1.62. The average Bonchev–Trinajstić information content (AvgIpc) is 3.40. The van der Waals surface area contributed by atoms with Gasteiger partial charge in [-0.1, -0.05) is 12.1 Å². The topological polar surface area (TPSA) is 76.3 Å². The first kappa shape index (κ1) is 19.9. The van der Waals surface area contributed by atoms with Crippen molar-refractivity contribution in [1.29, 1.82) is 0 Å². The van der Waals surface area contributed by atoms with Crippen molar-refractivity contribution in [3.63, 3.8) is 0 Å². The summed E-state index contributed by atoms with van der Waals surface area (Å²) in [5.74, 6) is 1.98. The maximum Gasteiger partial charge on any atom is 0.255 e. The second-order valence-electron chi connectivity index (χ2n) is 8.64. The van der Waals surface area contributed by atoms with Gasteiger partial charge in [0.2, 0.25) is 0 Å². The molecule has 4 atom stereocenters. The maximum atomic E-state index is 13.1. The van der Waals surface area contributed by atoms with Gasteiger partial charge >= 0.3 is 0 Å². The van der Waals surface area contributed by atoms with E-state index in [-0.39, 0.29) is 17.9 Å². The zero-order valence-electron chi connectivity index (χ0n) is 17.8. The molecule has 5 rings (SSSR count). The highest BCUT2D eigenvalue weighted by Crippen LogP contribution is 2.40. The number of fused-ring (bicyclic) bond motifs is 2. The number of hydrogen-bond donors (Lipinski definition) is 1. The van der Waals surface area contributed by atoms with Crippen LogP contribution in [0.1, 0.15) is 28.8 Å². The predicted molar refractivity (Wildman–Crippen MR) is 115 cm³/mol. The van der Waals surface area contributed by atoms with Gasteiger partial charge in [-0.05, 0) is 55.4 Å². The van der Waals surface area contributed by atoms with E-state index in [9.17, 15) is 9.90 Å². The molecule has 31 heavy (non-hydrogen) atoms. The number of methoxy groups -OCH3 is 1. The number of rotatable bonds is 4. The summed E-state index contributed by atoms with van der Waals surface area (Å²) in [5, 5.41) is 10.8. The molecular weight excluding hydrogens is 394 g/mol. The number of para-hydroxylation sites is 1. The number of benzene rings is 1. The first-order valence-corrected chi connectivity index (χ1v) is 10.7. The molecule has 1 saturated heterocycles. The number of likely N-dealkylation sites (tertiary alicyclic amines) is 1. The Bertz CT molecular complexity index is 1110. The van der Waals surface area contributed by atoms with E-state index >= 15 is 0 Å². The van der Waals surface area contributed by atoms with Crippen LogP contribution in [-0.2, 0) is 0 Å². The fourth-order valence-electron chi connectivity index (χ4n) is 5.00. The van der Waals surface area contributed by atoms with Crippen molar-refractivity contribution in [2.75, 3.05) is 20.2 Å². The Hall–Kier alpha value is -3.06. The molecular formula is C24H27N3O4. The minimum Gasteiger partial charge on any atom is -0.493 e. The van der Waals surface area contributed by atoms with Crippen LogP contribution in [0.5, 0.6) is 11.5 Å². The zero-order chi connectivity index (χ0) is 21.5. The summed E-state index contributed by atoms with van der Waals surface area (Å²) in [4.78, 5) is 19.3. The largest absolute Gasteiger partial charge is 0.493 e. The molecule has 1 aliphatic carbocycles. The van der Waals surface area contributed by atoms with Gasteiger partial charge in [0.05, 0.1) is 18.8 Å². The zero-order valence-corrected chi connectivity index (χ0v) is 17.8. The molecule has 2 fully saturated rings. The van der Waals surface area contributed by atoms with Crippen LogP contribution < -0.4 is 9.47 Å². The number of carbonyl (C=O) groups excluding carboxylic acids is 1. The molecule has 162 valence electrons. The fourth-order valence-corrected chi connectivity index (χ4v) is 5.00. The van der Waals surface area contributed by atoms with Crippen LogP contribution in [-0.4, -0.2) is 57.7 Å². The van der Waals surface area contributed by atoms with E-state index < -0.39 is 6.10 Å². The lowest BCUT2D eigenvalue weighted by atomic mass is 9.78. The third-order valence-electron chi connectivity index (χ3n) is 6.67. The highest BCUT2D eigenvalue weighted by molar-refractivity contribution is 5.94. The van der Waals surface area contributed by atoms with Gasteiger partial charge in [-0.3, -0.25) is 4.79 Å². The molecule has 0 spiro atoms. The van der Waals surface area contributed by atoms with Crippen molar-refractivity contribution < 1.29 is 19.4 Å². The lowest BCUT2D eigenvalue weighted by Gasteiger charge is -2.35. The number of aliphatic hydroxyl groups excluding tert-OH is 1. The van der Waals surface area contributed by atoms with E-state index in [1.165, 1.54) is 0 Å². The van der Waals surface area contributed by atoms with Crippen LogP contribution in [0.2, 0.25) is 0 Å². The van der Waals surface area contributed by atoms with Crippen LogP contribution in [0.3, 0.4) is 0 Å². The molecule has 7 nitrogen and oxygen atoms in total. The van der Waals surface area contributed by atoms with Crippen molar-refractivity contribution in [2.45, 2.75) is 32.0 Å². The summed E-state index contributed by atoms with van der Waals surface area (Å²) in [6.07, 6.45) is 5.86. The van der Waals surface area contributed by atoms with Gasteiger partial charge in [-0.25, -0.2) is 4.98 Å². The molecule has 3 aromatic rings. The number of aromatic nitrogens is 2. The Labute approximate surface area is 181 Å². The SMILES string of the molecule is COc1cccc(C)c1O[C@@H]1C[C@@H]2CN(C(=O)c3ccc4nccn4c3)C[C@@H]2C[C@H]1O. The standard InChI is InChI=1S/C24H27N3O4/c1-15-4-3-5-20(30-2)23(15)31-21-11-18-14-27(13-17(18)10-19(21)28)24(29)16-6-7-22-25-8-9-26(22)12-16/h3-9,12,17-19,21,28H,10-11,13-14H2,1-2H3/t17-,18+,19+,21+/m0/s1. The summed E-state index contributed by atoms with van der Waals surface area (Å²) >= 11 is 0. The monoisotopic (exact) mass is 421 g/mol. The molecule has 0 unspecified atom stereocenters. The summed E-state index contributed by atoms with van der Waals surface area (Å²) in [6.45, 7) is 3.33. The third-order valence-corrected chi connectivity index (χ3v) is 6.67. The minimum atomic E-state index is -0.567. The minimum absolute atomic E-state index is 0.0255. The smallest absolute Gasteiger partial charge is 0.255 e. The Morgan fingerprint density at radius 2 is 1.97 bits per heavy atom. The number of ether oxygens (including phenoxy) is 2. The molecule has 1 amide bonds. The number of hydrogen-bond acceptors (Lipinski definition) is 5. The lowest BCUT2D eigenvalue weighted by Crippen LogP contribution is -2.42. The van der Waals surface area contributed by atoms with Gasteiger partial charge in [-0.2, -0.15) is 0 Å². The molecule has 0 radical (unpaired) electrons. The molecule has 1 N–H and O–H groups in total. The summed E-state index contributed by atoms with van der Waals surface area (Å²) in [6, 6.07) is 9.46. The first-order valence-electron chi connectivity index (χ1n) is 10.7. The van der Waals surface area contributed by atoms with Crippen LogP contribution >= 0.6 is 0 Å². The number of aliphatic hydroxyl groups is 1. The van der Waals surface area contributed by atoms with Crippen LogP contribution in [0, 0.1) is 18.8 Å². The molecule has 3 heterocycles. The molecule has 1 aromatic carbocycles. The van der Waals surface area contributed by atoms with Gasteiger partial charge in [-0.15, -0.1) is 0 Å². The number of amides is 1. The van der Waals surface area contributed by atoms with Gasteiger partial charge in [0, 0.05) is 31.7 Å². The third kappa shape index (κ3) is 3.63. The van der Waals surface area contributed by atoms with E-state index in [4.69, 9.17) is 9.47 Å². The van der Waals surface area contributed by atoms with Gasteiger partial charge in [0.15, 0.2) is 11.5 Å². The Kier molecular flexibility index (Phi) is 5.06. The van der Waals surface area contributed by atoms with E-state index in [0.29, 0.717) is 48.9 Å². The fraction of sp³-hybridized carbons (Fsp3) is 0.417. The molecule has 7 heteroatoms. The van der Waals surface area contributed by atoms with Crippen LogP contribution in [0.15, 0.2) is 48.9 Å². The van der Waals surface area contributed by atoms with Crippen LogP contribution in [0.25, 0.3) is 5.65 Å². The second-order valence-corrected chi connectivity index (χ2v) is 8.64. The first-order chi connectivity index (χ1) is 15.0. The van der Waals surface area contributed by atoms with Crippen molar-refractivity contribution >= 4 is 11.6 Å². The second kappa shape index (κ2) is 7.89. The highest BCUT2D eigenvalue weighted by Gasteiger charge is 2.44. The highest BCUT2D eigenvalue weighted by atomic mass is 16.5. The molecule has 1 aliphatic heterocycles. The van der Waals surface area contributed by atoms with Gasteiger partial charge in [0.1, 0.15) is 11.8 Å². The normalized spacial score (nSPS) is 25.5. The van der Waals surface area contributed by atoms with Gasteiger partial charge in [0.25, 0.3) is 5.91 Å². The Morgan fingerprint density at radius 3 is 2.77 bits per heavy atom. The van der Waals surface area contributed by atoms with Crippen molar-refractivity contribution in [3.05, 3.63) is 60.0 Å². The number of carbonyl (C=O) groups is 1. The summed E-state index contributed by atoms with van der Waals surface area (Å²) in [5.41, 5.74) is 2.45. The van der Waals surface area contributed by atoms with E-state index in [2.05, 4.69) is 4.98 Å². The summed E-state index contributed by atoms with van der Waals surface area (Å²) < 4.78 is 13.6. The number of nitrogens with zero attached hydrogens (tertiary/aromatic N) is 3. The Morgan fingerprint density at radius 1 is 1.16 bits per heavy atom. The van der Waals surface area contributed by atoms with E-state index in [1.807, 2.05) is 58.9 Å². The van der Waals surface area contributed by atoms with E-state index in [0.717, 1.165) is 11.2 Å². The quantitative estimate of drug-likeness (QED) is 0.701. The van der Waals surface area contributed by atoms with Gasteiger partial charge < -0.3 is 23.9 Å². The molecule has 2 aromatic heterocycles. The number of pyridine rings is 1.